The standard InChI is InChI=1S/C14H16FNO3/c1-9-8-16(7-6-12(9)14(18)19)13(17)10-2-4-11(15)5-3-10/h2-5,9,12H,6-8H2,1H3,(H,18,19). The van der Waals surface area contributed by atoms with Crippen molar-refractivity contribution in [2.45, 2.75) is 13.3 Å². The number of amides is 1. The molecule has 1 aromatic carbocycles. The van der Waals surface area contributed by atoms with Gasteiger partial charge in [-0.3, -0.25) is 9.59 Å². The summed E-state index contributed by atoms with van der Waals surface area (Å²) in [6.07, 6.45) is 0.462. The van der Waals surface area contributed by atoms with Crippen LogP contribution in [0.4, 0.5) is 4.39 Å². The number of rotatable bonds is 2. The zero-order chi connectivity index (χ0) is 14.0. The van der Waals surface area contributed by atoms with Crippen LogP contribution in [0.25, 0.3) is 0 Å². The van der Waals surface area contributed by atoms with Gasteiger partial charge in [-0.25, -0.2) is 4.39 Å². The molecule has 1 amide bonds. The van der Waals surface area contributed by atoms with Gasteiger partial charge in [0.1, 0.15) is 5.82 Å². The Bertz CT molecular complexity index is 486. The molecule has 2 atom stereocenters. The number of likely N-dealkylation sites (tertiary alicyclic amines) is 1. The molecule has 1 aliphatic rings. The van der Waals surface area contributed by atoms with Gasteiger partial charge in [-0.2, -0.15) is 0 Å². The quantitative estimate of drug-likeness (QED) is 0.889. The van der Waals surface area contributed by atoms with E-state index in [4.69, 9.17) is 5.11 Å². The van der Waals surface area contributed by atoms with Gasteiger partial charge in [-0.15, -0.1) is 0 Å². The molecule has 0 aromatic heterocycles. The zero-order valence-corrected chi connectivity index (χ0v) is 10.7. The van der Waals surface area contributed by atoms with E-state index in [-0.39, 0.29) is 17.6 Å². The molecule has 0 saturated carbocycles. The van der Waals surface area contributed by atoms with Gasteiger partial charge in [0.2, 0.25) is 0 Å². The Hall–Kier alpha value is -1.91. The van der Waals surface area contributed by atoms with E-state index in [1.165, 1.54) is 24.3 Å². The number of hydrogen-bond donors (Lipinski definition) is 1. The molecule has 1 saturated heterocycles. The molecule has 19 heavy (non-hydrogen) atoms. The number of carboxylic acids is 1. The molecule has 2 unspecified atom stereocenters. The van der Waals surface area contributed by atoms with Crippen LogP contribution in [0.15, 0.2) is 24.3 Å². The molecular formula is C14H16FNO3. The predicted molar refractivity (Wildman–Crippen MR) is 67.2 cm³/mol. The summed E-state index contributed by atoms with van der Waals surface area (Å²) in [6.45, 7) is 2.69. The fourth-order valence-corrected chi connectivity index (χ4v) is 2.47. The Morgan fingerprint density at radius 2 is 1.95 bits per heavy atom. The van der Waals surface area contributed by atoms with E-state index in [0.717, 1.165) is 0 Å². The van der Waals surface area contributed by atoms with E-state index in [0.29, 0.717) is 25.1 Å². The Labute approximate surface area is 110 Å². The summed E-state index contributed by atoms with van der Waals surface area (Å²) < 4.78 is 12.8. The van der Waals surface area contributed by atoms with Crippen molar-refractivity contribution in [2.75, 3.05) is 13.1 Å². The van der Waals surface area contributed by atoms with Crippen LogP contribution in [-0.2, 0) is 4.79 Å². The number of carboxylic acid groups (broad SMARTS) is 1. The monoisotopic (exact) mass is 265 g/mol. The first-order valence-electron chi connectivity index (χ1n) is 6.26. The van der Waals surface area contributed by atoms with Crippen LogP contribution in [0.3, 0.4) is 0 Å². The fourth-order valence-electron chi connectivity index (χ4n) is 2.47. The molecule has 1 N–H and O–H groups in total. The predicted octanol–water partition coefficient (Wildman–Crippen LogP) is 2.01. The van der Waals surface area contributed by atoms with Gasteiger partial charge in [0, 0.05) is 18.7 Å². The summed E-state index contributed by atoms with van der Waals surface area (Å²) in [5, 5.41) is 9.04. The second-order valence-corrected chi connectivity index (χ2v) is 4.97. The number of hydrogen-bond acceptors (Lipinski definition) is 2. The minimum absolute atomic E-state index is 0.0735. The first kappa shape index (κ1) is 13.5. The highest BCUT2D eigenvalue weighted by atomic mass is 19.1. The van der Waals surface area contributed by atoms with Crippen LogP contribution in [-0.4, -0.2) is 35.0 Å². The van der Waals surface area contributed by atoms with Gasteiger partial charge in [0.25, 0.3) is 5.91 Å². The summed E-state index contributed by atoms with van der Waals surface area (Å²) in [5.74, 6) is -1.82. The summed E-state index contributed by atoms with van der Waals surface area (Å²) in [6, 6.07) is 5.40. The average molecular weight is 265 g/mol. The average Bonchev–Trinajstić information content (AvgIpc) is 2.38. The lowest BCUT2D eigenvalue weighted by Gasteiger charge is -2.35. The third-order valence-corrected chi connectivity index (χ3v) is 3.60. The van der Waals surface area contributed by atoms with Gasteiger partial charge >= 0.3 is 5.97 Å². The highest BCUT2D eigenvalue weighted by Gasteiger charge is 2.33. The minimum Gasteiger partial charge on any atom is -0.481 e. The van der Waals surface area contributed by atoms with Crippen LogP contribution in [0.1, 0.15) is 23.7 Å². The molecule has 0 aliphatic carbocycles. The summed E-state index contributed by atoms with van der Waals surface area (Å²) in [4.78, 5) is 24.8. The van der Waals surface area contributed by atoms with Crippen molar-refractivity contribution in [1.82, 2.24) is 4.90 Å². The second-order valence-electron chi connectivity index (χ2n) is 4.97. The maximum absolute atomic E-state index is 12.8. The first-order valence-corrected chi connectivity index (χ1v) is 6.26. The lowest BCUT2D eigenvalue weighted by molar-refractivity contribution is -0.145. The van der Waals surface area contributed by atoms with Gasteiger partial charge in [0.05, 0.1) is 5.92 Å². The van der Waals surface area contributed by atoms with Gasteiger partial charge in [-0.05, 0) is 36.6 Å². The number of nitrogens with zero attached hydrogens (tertiary/aromatic N) is 1. The molecule has 1 aromatic rings. The number of halogens is 1. The van der Waals surface area contributed by atoms with Crippen molar-refractivity contribution in [3.05, 3.63) is 35.6 Å². The molecule has 2 rings (SSSR count). The normalized spacial score (nSPS) is 23.2. The molecular weight excluding hydrogens is 249 g/mol. The molecule has 4 nitrogen and oxygen atoms in total. The van der Waals surface area contributed by atoms with Crippen molar-refractivity contribution in [3.8, 4) is 0 Å². The maximum atomic E-state index is 12.8. The van der Waals surface area contributed by atoms with E-state index in [2.05, 4.69) is 0 Å². The highest BCUT2D eigenvalue weighted by Crippen LogP contribution is 2.24. The molecule has 0 radical (unpaired) electrons. The van der Waals surface area contributed by atoms with E-state index < -0.39 is 11.9 Å². The number of aliphatic carboxylic acids is 1. The van der Waals surface area contributed by atoms with Gasteiger partial charge in [-0.1, -0.05) is 6.92 Å². The fraction of sp³-hybridized carbons (Fsp3) is 0.429. The van der Waals surface area contributed by atoms with Crippen molar-refractivity contribution in [1.29, 1.82) is 0 Å². The van der Waals surface area contributed by atoms with Crippen molar-refractivity contribution < 1.29 is 19.1 Å². The van der Waals surface area contributed by atoms with Crippen LogP contribution in [0, 0.1) is 17.7 Å². The molecule has 5 heteroatoms. The van der Waals surface area contributed by atoms with E-state index in [1.54, 1.807) is 4.90 Å². The Balaban J connectivity index is 2.06. The van der Waals surface area contributed by atoms with Crippen molar-refractivity contribution in [2.24, 2.45) is 11.8 Å². The topological polar surface area (TPSA) is 57.6 Å². The number of carbonyl (C=O) groups is 2. The molecule has 0 spiro atoms. The first-order chi connectivity index (χ1) is 8.99. The third-order valence-electron chi connectivity index (χ3n) is 3.60. The lowest BCUT2D eigenvalue weighted by atomic mass is 9.87. The van der Waals surface area contributed by atoms with Gasteiger partial charge in [0.15, 0.2) is 0 Å². The molecule has 1 heterocycles. The number of piperidine rings is 1. The van der Waals surface area contributed by atoms with E-state index >= 15 is 0 Å². The Morgan fingerprint density at radius 1 is 1.32 bits per heavy atom. The second kappa shape index (κ2) is 5.38. The van der Waals surface area contributed by atoms with Gasteiger partial charge < -0.3 is 10.0 Å². The Morgan fingerprint density at radius 3 is 2.47 bits per heavy atom. The molecule has 102 valence electrons. The lowest BCUT2D eigenvalue weighted by Crippen LogP contribution is -2.45. The van der Waals surface area contributed by atoms with Crippen molar-refractivity contribution >= 4 is 11.9 Å². The summed E-state index contributed by atoms with van der Waals surface area (Å²) in [7, 11) is 0. The maximum Gasteiger partial charge on any atom is 0.306 e. The van der Waals surface area contributed by atoms with Crippen LogP contribution in [0.5, 0.6) is 0 Å². The van der Waals surface area contributed by atoms with E-state index in [9.17, 15) is 14.0 Å². The zero-order valence-electron chi connectivity index (χ0n) is 10.7. The SMILES string of the molecule is CC1CN(C(=O)c2ccc(F)cc2)CCC1C(=O)O. The van der Waals surface area contributed by atoms with Crippen molar-refractivity contribution in [3.63, 3.8) is 0 Å². The largest absolute Gasteiger partial charge is 0.481 e. The molecule has 1 aliphatic heterocycles. The van der Waals surface area contributed by atoms with E-state index in [1.807, 2.05) is 6.92 Å². The number of benzene rings is 1. The van der Waals surface area contributed by atoms with Crippen LogP contribution in [0.2, 0.25) is 0 Å². The highest BCUT2D eigenvalue weighted by molar-refractivity contribution is 5.94. The minimum atomic E-state index is -0.804. The van der Waals surface area contributed by atoms with Crippen LogP contribution >= 0.6 is 0 Å². The Kier molecular flexibility index (Phi) is 3.83. The summed E-state index contributed by atoms with van der Waals surface area (Å²) >= 11 is 0. The third kappa shape index (κ3) is 2.92. The molecule has 0 bridgehead atoms. The molecule has 1 fully saturated rings. The smallest absolute Gasteiger partial charge is 0.306 e. The number of carbonyl (C=O) groups excluding carboxylic acids is 1. The van der Waals surface area contributed by atoms with Crippen LogP contribution < -0.4 is 0 Å². The summed E-state index contributed by atoms with van der Waals surface area (Å²) in [5.41, 5.74) is 0.433.